The summed E-state index contributed by atoms with van der Waals surface area (Å²) < 4.78 is 0. The molecule has 158 valence electrons. The lowest BCUT2D eigenvalue weighted by Crippen LogP contribution is -2.36. The number of aliphatic hydroxyl groups is 1. The molecule has 28 heavy (non-hydrogen) atoms. The highest BCUT2D eigenvalue weighted by molar-refractivity contribution is 5.36. The van der Waals surface area contributed by atoms with Crippen molar-refractivity contribution in [1.29, 1.82) is 0 Å². The molecule has 3 saturated carbocycles. The van der Waals surface area contributed by atoms with Crippen LogP contribution in [0.2, 0.25) is 0 Å². The van der Waals surface area contributed by atoms with Crippen LogP contribution < -0.4 is 0 Å². The fourth-order valence-electron chi connectivity index (χ4n) is 6.66. The summed E-state index contributed by atoms with van der Waals surface area (Å²) in [5.74, 6) is 3.37. The van der Waals surface area contributed by atoms with E-state index in [1.165, 1.54) is 62.5 Å². The Morgan fingerprint density at radius 1 is 1.11 bits per heavy atom. The first-order chi connectivity index (χ1) is 13.3. The van der Waals surface area contributed by atoms with Crippen molar-refractivity contribution in [2.45, 2.75) is 104 Å². The highest BCUT2D eigenvalue weighted by Gasteiger charge is 2.50. The zero-order valence-electron chi connectivity index (χ0n) is 19.0. The van der Waals surface area contributed by atoms with Gasteiger partial charge in [-0.1, -0.05) is 76.8 Å². The standard InChI is InChI=1S/C27H44O/c1-19(2)8-6-9-21(4)25-15-16-26-22(10-7-17-27(25,26)5)12-13-23-18-24(28)14-11-20(23)3/h12-13,19,21,24-26,28H,3,6-11,14-18H2,1-2,4-5H3/b22-12+,23-13-/t21?,24?,25-,26+,27-/m1/s1. The van der Waals surface area contributed by atoms with E-state index in [-0.39, 0.29) is 6.10 Å². The number of hydrogen-bond donors (Lipinski definition) is 1. The summed E-state index contributed by atoms with van der Waals surface area (Å²) >= 11 is 0. The lowest BCUT2D eigenvalue weighted by atomic mass is 9.60. The van der Waals surface area contributed by atoms with E-state index in [1.807, 2.05) is 0 Å². The minimum atomic E-state index is -0.172. The predicted octanol–water partition coefficient (Wildman–Crippen LogP) is 7.62. The lowest BCUT2D eigenvalue weighted by Gasteiger charge is -2.44. The second-order valence-corrected chi connectivity index (χ2v) is 10.8. The number of hydrogen-bond acceptors (Lipinski definition) is 1. The van der Waals surface area contributed by atoms with Crippen LogP contribution in [0.1, 0.15) is 98.3 Å². The minimum absolute atomic E-state index is 0.172. The molecule has 0 aromatic rings. The Hall–Kier alpha value is -0.820. The minimum Gasteiger partial charge on any atom is -0.393 e. The SMILES string of the molecule is C=C1CCC(O)C/C1=C/C=C1\CCC[C@]2(C)[C@@H](C(C)CCCC(C)C)CC[C@@H]12. The molecule has 0 saturated heterocycles. The van der Waals surface area contributed by atoms with Gasteiger partial charge in [0.25, 0.3) is 0 Å². The first kappa shape index (κ1) is 21.9. The third-order valence-corrected chi connectivity index (χ3v) is 8.35. The zero-order chi connectivity index (χ0) is 20.3. The molecule has 0 aromatic carbocycles. The molecule has 0 aromatic heterocycles. The fraction of sp³-hybridized carbons (Fsp3) is 0.778. The lowest BCUT2D eigenvalue weighted by molar-refractivity contribution is 0.0929. The van der Waals surface area contributed by atoms with Crippen molar-refractivity contribution < 1.29 is 5.11 Å². The molecule has 3 aliphatic rings. The Morgan fingerprint density at radius 2 is 1.89 bits per heavy atom. The maximum absolute atomic E-state index is 10.0. The highest BCUT2D eigenvalue weighted by Crippen LogP contribution is 2.59. The molecule has 0 radical (unpaired) electrons. The summed E-state index contributed by atoms with van der Waals surface area (Å²) in [6.45, 7) is 14.1. The van der Waals surface area contributed by atoms with Crippen LogP contribution in [0.4, 0.5) is 0 Å². The number of rotatable bonds is 6. The maximum Gasteiger partial charge on any atom is 0.0583 e. The molecular weight excluding hydrogens is 340 g/mol. The average molecular weight is 385 g/mol. The molecule has 0 bridgehead atoms. The first-order valence-electron chi connectivity index (χ1n) is 12.1. The largest absolute Gasteiger partial charge is 0.393 e. The number of fused-ring (bicyclic) bond motifs is 1. The molecule has 0 spiro atoms. The molecule has 3 rings (SSSR count). The second kappa shape index (κ2) is 9.33. The van der Waals surface area contributed by atoms with Gasteiger partial charge in [0.2, 0.25) is 0 Å². The first-order valence-corrected chi connectivity index (χ1v) is 12.1. The molecule has 0 aliphatic heterocycles. The Bertz CT molecular complexity index is 610. The Balaban J connectivity index is 1.70. The molecule has 3 fully saturated rings. The van der Waals surface area contributed by atoms with Gasteiger partial charge >= 0.3 is 0 Å². The van der Waals surface area contributed by atoms with Gasteiger partial charge in [0.1, 0.15) is 0 Å². The van der Waals surface area contributed by atoms with Crippen molar-refractivity contribution in [2.24, 2.45) is 29.1 Å². The number of allylic oxidation sites excluding steroid dienone is 4. The van der Waals surface area contributed by atoms with Crippen LogP contribution in [0, 0.1) is 29.1 Å². The Kier molecular flexibility index (Phi) is 7.29. The molecule has 3 aliphatic carbocycles. The Labute approximate surface area is 174 Å². The normalized spacial score (nSPS) is 37.6. The third kappa shape index (κ3) is 4.84. The maximum atomic E-state index is 10.0. The van der Waals surface area contributed by atoms with E-state index in [9.17, 15) is 5.11 Å². The van der Waals surface area contributed by atoms with Gasteiger partial charge in [-0.2, -0.15) is 0 Å². The van der Waals surface area contributed by atoms with Crippen LogP contribution in [-0.4, -0.2) is 11.2 Å². The van der Waals surface area contributed by atoms with E-state index in [1.54, 1.807) is 5.57 Å². The van der Waals surface area contributed by atoms with Gasteiger partial charge in [0, 0.05) is 0 Å². The van der Waals surface area contributed by atoms with Crippen LogP contribution in [0.5, 0.6) is 0 Å². The van der Waals surface area contributed by atoms with Crippen molar-refractivity contribution in [1.82, 2.24) is 0 Å². The van der Waals surface area contributed by atoms with Crippen LogP contribution in [0.25, 0.3) is 0 Å². The zero-order valence-corrected chi connectivity index (χ0v) is 19.0. The summed E-state index contributed by atoms with van der Waals surface area (Å²) in [4.78, 5) is 0. The molecular formula is C27H44O. The van der Waals surface area contributed by atoms with Crippen LogP contribution in [-0.2, 0) is 0 Å². The van der Waals surface area contributed by atoms with Gasteiger partial charge in [-0.05, 0) is 86.0 Å². The Morgan fingerprint density at radius 3 is 2.64 bits per heavy atom. The molecule has 5 atom stereocenters. The fourth-order valence-corrected chi connectivity index (χ4v) is 6.66. The van der Waals surface area contributed by atoms with E-state index in [0.717, 1.165) is 42.9 Å². The summed E-state index contributed by atoms with van der Waals surface area (Å²) in [6.07, 6.45) is 18.2. The van der Waals surface area contributed by atoms with E-state index in [2.05, 4.69) is 46.4 Å². The highest BCUT2D eigenvalue weighted by atomic mass is 16.3. The van der Waals surface area contributed by atoms with E-state index >= 15 is 0 Å². The smallest absolute Gasteiger partial charge is 0.0583 e. The van der Waals surface area contributed by atoms with E-state index in [0.29, 0.717) is 5.41 Å². The monoisotopic (exact) mass is 384 g/mol. The second-order valence-electron chi connectivity index (χ2n) is 10.8. The summed E-state index contributed by atoms with van der Waals surface area (Å²) in [5, 5.41) is 10.0. The summed E-state index contributed by atoms with van der Waals surface area (Å²) in [6, 6.07) is 0. The molecule has 1 nitrogen and oxygen atoms in total. The van der Waals surface area contributed by atoms with Gasteiger partial charge in [-0.3, -0.25) is 0 Å². The van der Waals surface area contributed by atoms with Crippen molar-refractivity contribution in [2.75, 3.05) is 0 Å². The van der Waals surface area contributed by atoms with Gasteiger partial charge < -0.3 is 5.11 Å². The molecule has 1 heteroatoms. The molecule has 0 heterocycles. The quantitative estimate of drug-likeness (QED) is 0.499. The van der Waals surface area contributed by atoms with Gasteiger partial charge in [0.15, 0.2) is 0 Å². The van der Waals surface area contributed by atoms with Crippen molar-refractivity contribution in [3.8, 4) is 0 Å². The average Bonchev–Trinajstić information content (AvgIpc) is 2.99. The van der Waals surface area contributed by atoms with Crippen LogP contribution in [0.15, 0.2) is 35.5 Å². The third-order valence-electron chi connectivity index (χ3n) is 8.35. The van der Waals surface area contributed by atoms with Gasteiger partial charge in [-0.15, -0.1) is 0 Å². The van der Waals surface area contributed by atoms with E-state index < -0.39 is 0 Å². The topological polar surface area (TPSA) is 20.2 Å². The van der Waals surface area contributed by atoms with Crippen LogP contribution >= 0.6 is 0 Å². The van der Waals surface area contributed by atoms with Crippen molar-refractivity contribution in [3.63, 3.8) is 0 Å². The summed E-state index contributed by atoms with van der Waals surface area (Å²) in [5.41, 5.74) is 4.72. The molecule has 2 unspecified atom stereocenters. The molecule has 1 N–H and O–H groups in total. The van der Waals surface area contributed by atoms with E-state index in [4.69, 9.17) is 0 Å². The molecule has 0 amide bonds. The van der Waals surface area contributed by atoms with Gasteiger partial charge in [-0.25, -0.2) is 0 Å². The predicted molar refractivity (Wildman–Crippen MR) is 121 cm³/mol. The van der Waals surface area contributed by atoms with Crippen molar-refractivity contribution in [3.05, 3.63) is 35.5 Å². The van der Waals surface area contributed by atoms with Crippen molar-refractivity contribution >= 4 is 0 Å². The summed E-state index contributed by atoms with van der Waals surface area (Å²) in [7, 11) is 0. The number of aliphatic hydroxyl groups excluding tert-OH is 1. The van der Waals surface area contributed by atoms with Gasteiger partial charge in [0.05, 0.1) is 6.10 Å². The van der Waals surface area contributed by atoms with Crippen LogP contribution in [0.3, 0.4) is 0 Å².